The largest absolute Gasteiger partial charge is 0.299 e. The Hall–Kier alpha value is -1.11. The van der Waals surface area contributed by atoms with E-state index in [2.05, 4.69) is 45.9 Å². The Bertz CT molecular complexity index is 433. The van der Waals surface area contributed by atoms with Crippen LogP contribution in [0.4, 0.5) is 0 Å². The van der Waals surface area contributed by atoms with E-state index in [4.69, 9.17) is 0 Å². The molecule has 1 nitrogen and oxygen atoms in total. The van der Waals surface area contributed by atoms with E-state index in [0.717, 1.165) is 12.8 Å². The predicted octanol–water partition coefficient (Wildman–Crippen LogP) is 3.78. The van der Waals surface area contributed by atoms with Gasteiger partial charge in [-0.2, -0.15) is 0 Å². The summed E-state index contributed by atoms with van der Waals surface area (Å²) in [5.41, 5.74) is 3.88. The summed E-state index contributed by atoms with van der Waals surface area (Å²) < 4.78 is 0. The van der Waals surface area contributed by atoms with Gasteiger partial charge >= 0.3 is 0 Å². The van der Waals surface area contributed by atoms with Crippen molar-refractivity contribution in [2.45, 2.75) is 46.5 Å². The molecule has 0 aliphatic heterocycles. The standard InChI is InChI=1S/C15H20O/c1-5-15(4)13(9-14(15)16)12-8-10(2)6-7-11(12)3/h6-8,13H,5,9H2,1-4H3. The molecule has 1 aromatic rings. The van der Waals surface area contributed by atoms with Crippen molar-refractivity contribution in [3.63, 3.8) is 0 Å². The first-order valence-electron chi connectivity index (χ1n) is 6.09. The fourth-order valence-corrected chi connectivity index (χ4v) is 2.74. The fourth-order valence-electron chi connectivity index (χ4n) is 2.74. The fraction of sp³-hybridized carbons (Fsp3) is 0.533. The molecule has 1 aliphatic rings. The highest BCUT2D eigenvalue weighted by Crippen LogP contribution is 2.52. The Morgan fingerprint density at radius 1 is 1.38 bits per heavy atom. The van der Waals surface area contributed by atoms with Crippen LogP contribution in [0.25, 0.3) is 0 Å². The summed E-state index contributed by atoms with van der Waals surface area (Å²) in [5.74, 6) is 0.866. The van der Waals surface area contributed by atoms with Gasteiger partial charge in [-0.25, -0.2) is 0 Å². The van der Waals surface area contributed by atoms with Gasteiger partial charge in [0.1, 0.15) is 5.78 Å². The number of carbonyl (C=O) groups excluding carboxylic acids is 1. The lowest BCUT2D eigenvalue weighted by molar-refractivity contribution is -0.139. The molecule has 1 heteroatoms. The van der Waals surface area contributed by atoms with Crippen molar-refractivity contribution in [3.05, 3.63) is 34.9 Å². The molecule has 0 aromatic heterocycles. The maximum atomic E-state index is 11.8. The van der Waals surface area contributed by atoms with Gasteiger partial charge in [-0.15, -0.1) is 0 Å². The van der Waals surface area contributed by atoms with Crippen LogP contribution >= 0.6 is 0 Å². The highest BCUT2D eigenvalue weighted by Gasteiger charge is 2.50. The SMILES string of the molecule is CCC1(C)C(=O)CC1c1cc(C)ccc1C. The molecule has 0 saturated heterocycles. The van der Waals surface area contributed by atoms with Gasteiger partial charge in [-0.3, -0.25) is 4.79 Å². The van der Waals surface area contributed by atoms with E-state index < -0.39 is 0 Å². The Morgan fingerprint density at radius 2 is 2.06 bits per heavy atom. The summed E-state index contributed by atoms with van der Waals surface area (Å²) >= 11 is 0. The van der Waals surface area contributed by atoms with Crippen LogP contribution in [0.5, 0.6) is 0 Å². The van der Waals surface area contributed by atoms with E-state index >= 15 is 0 Å². The van der Waals surface area contributed by atoms with Crippen LogP contribution in [0.2, 0.25) is 0 Å². The second-order valence-electron chi connectivity index (χ2n) is 5.31. The molecule has 2 atom stereocenters. The number of hydrogen-bond acceptors (Lipinski definition) is 1. The zero-order valence-electron chi connectivity index (χ0n) is 10.6. The van der Waals surface area contributed by atoms with Crippen molar-refractivity contribution >= 4 is 5.78 Å². The van der Waals surface area contributed by atoms with Gasteiger partial charge in [-0.1, -0.05) is 37.6 Å². The van der Waals surface area contributed by atoms with Crippen molar-refractivity contribution in [3.8, 4) is 0 Å². The monoisotopic (exact) mass is 216 g/mol. The van der Waals surface area contributed by atoms with E-state index in [1.165, 1.54) is 16.7 Å². The van der Waals surface area contributed by atoms with Crippen molar-refractivity contribution in [1.82, 2.24) is 0 Å². The van der Waals surface area contributed by atoms with Crippen LogP contribution in [-0.2, 0) is 4.79 Å². The molecule has 0 spiro atoms. The van der Waals surface area contributed by atoms with Crippen molar-refractivity contribution < 1.29 is 4.79 Å². The molecule has 16 heavy (non-hydrogen) atoms. The molecule has 0 amide bonds. The summed E-state index contributed by atoms with van der Waals surface area (Å²) in [6.07, 6.45) is 1.68. The van der Waals surface area contributed by atoms with Gasteiger partial charge < -0.3 is 0 Å². The first kappa shape index (κ1) is 11.4. The molecular formula is C15H20O. The van der Waals surface area contributed by atoms with Crippen molar-refractivity contribution in [1.29, 1.82) is 0 Å². The smallest absolute Gasteiger partial charge is 0.140 e. The molecule has 1 saturated carbocycles. The van der Waals surface area contributed by atoms with Crippen molar-refractivity contribution in [2.24, 2.45) is 5.41 Å². The number of benzene rings is 1. The molecule has 1 fully saturated rings. The summed E-state index contributed by atoms with van der Waals surface area (Å²) in [5, 5.41) is 0. The molecule has 1 aliphatic carbocycles. The van der Waals surface area contributed by atoms with E-state index in [9.17, 15) is 4.79 Å². The maximum absolute atomic E-state index is 11.8. The first-order valence-corrected chi connectivity index (χ1v) is 6.09. The Kier molecular flexibility index (Phi) is 2.65. The molecule has 1 aromatic carbocycles. The summed E-state index contributed by atoms with van der Waals surface area (Å²) in [4.78, 5) is 11.8. The minimum absolute atomic E-state index is 0.113. The molecule has 0 N–H and O–H groups in total. The molecule has 0 bridgehead atoms. The third-order valence-electron chi connectivity index (χ3n) is 4.34. The van der Waals surface area contributed by atoms with Crippen LogP contribution in [-0.4, -0.2) is 5.78 Å². The van der Waals surface area contributed by atoms with E-state index in [1.54, 1.807) is 0 Å². The van der Waals surface area contributed by atoms with Crippen LogP contribution in [0.15, 0.2) is 18.2 Å². The Morgan fingerprint density at radius 3 is 2.62 bits per heavy atom. The second kappa shape index (κ2) is 3.73. The number of Topliss-reactive ketones (excluding diaryl/α,β-unsaturated/α-hetero) is 1. The minimum atomic E-state index is -0.113. The zero-order valence-corrected chi connectivity index (χ0v) is 10.6. The highest BCUT2D eigenvalue weighted by molar-refractivity contribution is 5.93. The number of hydrogen-bond donors (Lipinski definition) is 0. The molecule has 86 valence electrons. The molecule has 2 rings (SSSR count). The Labute approximate surface area is 97.9 Å². The second-order valence-corrected chi connectivity index (χ2v) is 5.31. The third-order valence-corrected chi connectivity index (χ3v) is 4.34. The lowest BCUT2D eigenvalue weighted by Gasteiger charge is -2.45. The van der Waals surface area contributed by atoms with Gasteiger partial charge in [0.2, 0.25) is 0 Å². The van der Waals surface area contributed by atoms with Crippen LogP contribution in [0.1, 0.15) is 49.3 Å². The van der Waals surface area contributed by atoms with Crippen molar-refractivity contribution in [2.75, 3.05) is 0 Å². The molecular weight excluding hydrogens is 196 g/mol. The summed E-state index contributed by atoms with van der Waals surface area (Å²) in [7, 11) is 0. The first-order chi connectivity index (χ1) is 7.49. The Balaban J connectivity index is 2.39. The zero-order chi connectivity index (χ0) is 11.9. The average molecular weight is 216 g/mol. The predicted molar refractivity (Wildman–Crippen MR) is 66.7 cm³/mol. The van der Waals surface area contributed by atoms with Gasteiger partial charge in [-0.05, 0) is 31.4 Å². The van der Waals surface area contributed by atoms with Gasteiger partial charge in [0.05, 0.1) is 0 Å². The number of rotatable bonds is 2. The van der Waals surface area contributed by atoms with E-state index in [1.807, 2.05) is 0 Å². The number of ketones is 1. The summed E-state index contributed by atoms with van der Waals surface area (Å²) in [6, 6.07) is 6.56. The maximum Gasteiger partial charge on any atom is 0.140 e. The minimum Gasteiger partial charge on any atom is -0.299 e. The quantitative estimate of drug-likeness (QED) is 0.735. The van der Waals surface area contributed by atoms with Crippen LogP contribution in [0.3, 0.4) is 0 Å². The van der Waals surface area contributed by atoms with Crippen LogP contribution < -0.4 is 0 Å². The lowest BCUT2D eigenvalue weighted by Crippen LogP contribution is -2.45. The average Bonchev–Trinajstić information content (AvgIpc) is 2.28. The number of aryl methyl sites for hydroxylation is 2. The highest BCUT2D eigenvalue weighted by atomic mass is 16.1. The topological polar surface area (TPSA) is 17.1 Å². The molecule has 0 heterocycles. The summed E-state index contributed by atoms with van der Waals surface area (Å²) in [6.45, 7) is 8.50. The lowest BCUT2D eigenvalue weighted by atomic mass is 9.56. The number of carbonyl (C=O) groups is 1. The third kappa shape index (κ3) is 1.50. The van der Waals surface area contributed by atoms with Crippen LogP contribution in [0, 0.1) is 19.3 Å². The van der Waals surface area contributed by atoms with E-state index in [-0.39, 0.29) is 5.41 Å². The van der Waals surface area contributed by atoms with Gasteiger partial charge in [0.25, 0.3) is 0 Å². The molecule has 0 radical (unpaired) electrons. The van der Waals surface area contributed by atoms with Gasteiger partial charge in [0.15, 0.2) is 0 Å². The van der Waals surface area contributed by atoms with E-state index in [0.29, 0.717) is 11.7 Å². The van der Waals surface area contributed by atoms with Gasteiger partial charge in [0, 0.05) is 17.8 Å². The molecule has 2 unspecified atom stereocenters. The normalized spacial score (nSPS) is 29.0.